The molecule has 2 unspecified atom stereocenters. The summed E-state index contributed by atoms with van der Waals surface area (Å²) in [5, 5.41) is 4.08. The zero-order valence-electron chi connectivity index (χ0n) is 18.6. The molecule has 0 radical (unpaired) electrons. The summed E-state index contributed by atoms with van der Waals surface area (Å²) in [4.78, 5) is 8.76. The van der Waals surface area contributed by atoms with Gasteiger partial charge in [0.1, 0.15) is 29.8 Å². The Balaban J connectivity index is 1.70. The zero-order chi connectivity index (χ0) is 22.9. The van der Waals surface area contributed by atoms with Crippen LogP contribution >= 0.6 is 0 Å². The van der Waals surface area contributed by atoms with Gasteiger partial charge in [-0.25, -0.2) is 18.6 Å². The third-order valence-electron chi connectivity index (χ3n) is 5.24. The number of hydrogen-bond acceptors (Lipinski definition) is 7. The van der Waals surface area contributed by atoms with E-state index >= 15 is 0 Å². The van der Waals surface area contributed by atoms with E-state index in [0.717, 1.165) is 30.4 Å². The van der Waals surface area contributed by atoms with Gasteiger partial charge in [0.15, 0.2) is 0 Å². The molecule has 3 aromatic rings. The number of anilines is 2. The van der Waals surface area contributed by atoms with E-state index in [1.165, 1.54) is 18.5 Å². The molecule has 1 aliphatic heterocycles. The fourth-order valence-corrected chi connectivity index (χ4v) is 4.46. The topological polar surface area (TPSA) is 85.7 Å². The van der Waals surface area contributed by atoms with Gasteiger partial charge in [0.25, 0.3) is 0 Å². The van der Waals surface area contributed by atoms with E-state index in [2.05, 4.69) is 19.6 Å². The second kappa shape index (κ2) is 8.99. The molecule has 0 aliphatic carbocycles. The largest absolute Gasteiger partial charge is 0.486 e. The lowest BCUT2D eigenvalue weighted by atomic mass is 10.1. The normalized spacial score (nSPS) is 17.3. The minimum absolute atomic E-state index is 0.0113. The van der Waals surface area contributed by atoms with Gasteiger partial charge < -0.3 is 14.8 Å². The zero-order valence-corrected chi connectivity index (χ0v) is 19.4. The van der Waals surface area contributed by atoms with Gasteiger partial charge in [0.2, 0.25) is 0 Å². The van der Waals surface area contributed by atoms with Crippen molar-refractivity contribution in [3.8, 4) is 5.75 Å². The highest BCUT2D eigenvalue weighted by Crippen LogP contribution is 2.34. The minimum Gasteiger partial charge on any atom is -0.486 e. The summed E-state index contributed by atoms with van der Waals surface area (Å²) in [5.74, 6) is 0.567. The molecular formula is C23H27FN4O3S. The lowest BCUT2D eigenvalue weighted by molar-refractivity contribution is 0.0216. The van der Waals surface area contributed by atoms with Crippen molar-refractivity contribution in [2.45, 2.75) is 38.9 Å². The van der Waals surface area contributed by atoms with Crippen molar-refractivity contribution in [3.63, 3.8) is 0 Å². The van der Waals surface area contributed by atoms with E-state index in [9.17, 15) is 8.60 Å². The summed E-state index contributed by atoms with van der Waals surface area (Å²) in [7, 11) is -2.30. The Morgan fingerprint density at radius 2 is 2.09 bits per heavy atom. The SMILES string of the molecule is Cc1cc(N=S(C)(C)=O)cc2ncnc(Nc3ccc(F)cc3OC(C)C3CCCO3)c12. The number of aryl methyl sites for hydroxylation is 1. The maximum atomic E-state index is 14.0. The Hall–Kier alpha value is -2.78. The number of hydrogen-bond donors (Lipinski definition) is 1. The quantitative estimate of drug-likeness (QED) is 0.551. The number of rotatable bonds is 6. The van der Waals surface area contributed by atoms with Crippen molar-refractivity contribution in [3.05, 3.63) is 48.0 Å². The summed E-state index contributed by atoms with van der Waals surface area (Å²) in [5.41, 5.74) is 2.74. The monoisotopic (exact) mass is 458 g/mol. The number of ether oxygens (including phenoxy) is 2. The fraction of sp³-hybridized carbons (Fsp3) is 0.391. The maximum Gasteiger partial charge on any atom is 0.146 e. The van der Waals surface area contributed by atoms with Crippen LogP contribution in [0.25, 0.3) is 10.9 Å². The van der Waals surface area contributed by atoms with Crippen molar-refractivity contribution < 1.29 is 18.1 Å². The Morgan fingerprint density at radius 1 is 1.28 bits per heavy atom. The van der Waals surface area contributed by atoms with Crippen LogP contribution in [0.1, 0.15) is 25.3 Å². The Kier molecular flexibility index (Phi) is 6.30. The number of benzene rings is 2. The highest BCUT2D eigenvalue weighted by atomic mass is 32.2. The highest BCUT2D eigenvalue weighted by Gasteiger charge is 2.25. The van der Waals surface area contributed by atoms with E-state index in [4.69, 9.17) is 9.47 Å². The van der Waals surface area contributed by atoms with Gasteiger partial charge in [-0.15, -0.1) is 0 Å². The summed E-state index contributed by atoms with van der Waals surface area (Å²) in [6.45, 7) is 4.57. The molecule has 2 atom stereocenters. The maximum absolute atomic E-state index is 14.0. The van der Waals surface area contributed by atoms with Gasteiger partial charge >= 0.3 is 0 Å². The van der Waals surface area contributed by atoms with Crippen molar-refractivity contribution in [1.82, 2.24) is 9.97 Å². The highest BCUT2D eigenvalue weighted by molar-refractivity contribution is 7.92. The number of nitrogens with one attached hydrogen (secondary N) is 1. The predicted octanol–water partition coefficient (Wildman–Crippen LogP) is 5.13. The minimum atomic E-state index is -2.30. The van der Waals surface area contributed by atoms with Crippen molar-refractivity contribution in [1.29, 1.82) is 0 Å². The molecule has 32 heavy (non-hydrogen) atoms. The van der Waals surface area contributed by atoms with Gasteiger partial charge in [-0.1, -0.05) is 0 Å². The number of halogens is 1. The van der Waals surface area contributed by atoms with Gasteiger partial charge in [0.05, 0.1) is 23.0 Å². The van der Waals surface area contributed by atoms with Crippen LogP contribution < -0.4 is 10.1 Å². The third kappa shape index (κ3) is 5.16. The summed E-state index contributed by atoms with van der Waals surface area (Å²) in [6, 6.07) is 8.00. The first-order valence-corrected chi connectivity index (χ1v) is 12.8. The Labute approximate surface area is 187 Å². The van der Waals surface area contributed by atoms with Crippen LogP contribution in [0.2, 0.25) is 0 Å². The second-order valence-corrected chi connectivity index (χ2v) is 10.8. The number of fused-ring (bicyclic) bond motifs is 1. The molecule has 0 saturated carbocycles. The molecule has 1 fully saturated rings. The molecular weight excluding hydrogens is 431 g/mol. The smallest absolute Gasteiger partial charge is 0.146 e. The first kappa shape index (κ1) is 22.4. The van der Waals surface area contributed by atoms with Crippen LogP contribution in [0.15, 0.2) is 41.0 Å². The van der Waals surface area contributed by atoms with Gasteiger partial charge in [0, 0.05) is 40.3 Å². The van der Waals surface area contributed by atoms with E-state index < -0.39 is 9.73 Å². The number of nitrogens with zero attached hydrogens (tertiary/aromatic N) is 3. The van der Waals surface area contributed by atoms with E-state index in [1.54, 1.807) is 24.6 Å². The lowest BCUT2D eigenvalue weighted by Crippen LogP contribution is -2.28. The molecule has 9 heteroatoms. The van der Waals surface area contributed by atoms with Crippen LogP contribution in [0.4, 0.5) is 21.6 Å². The average Bonchev–Trinajstić information content (AvgIpc) is 3.23. The Bertz CT molecular complexity index is 1260. The molecule has 0 spiro atoms. The van der Waals surface area contributed by atoms with E-state index in [-0.39, 0.29) is 18.0 Å². The fourth-order valence-electron chi connectivity index (χ4n) is 3.85. The first-order valence-electron chi connectivity index (χ1n) is 10.5. The molecule has 1 aromatic heterocycles. The lowest BCUT2D eigenvalue weighted by Gasteiger charge is -2.22. The molecule has 0 amide bonds. The third-order valence-corrected chi connectivity index (χ3v) is 5.89. The molecule has 0 bridgehead atoms. The van der Waals surface area contributed by atoms with Gasteiger partial charge in [-0.3, -0.25) is 0 Å². The molecule has 7 nitrogen and oxygen atoms in total. The molecule has 4 rings (SSSR count). The molecule has 170 valence electrons. The average molecular weight is 459 g/mol. The second-order valence-electron chi connectivity index (χ2n) is 8.29. The van der Waals surface area contributed by atoms with Gasteiger partial charge in [-0.2, -0.15) is 4.36 Å². The van der Waals surface area contributed by atoms with E-state index in [0.29, 0.717) is 28.5 Å². The molecule has 2 aromatic carbocycles. The summed E-state index contributed by atoms with van der Waals surface area (Å²) in [6.07, 6.45) is 6.32. The predicted molar refractivity (Wildman–Crippen MR) is 125 cm³/mol. The van der Waals surface area contributed by atoms with E-state index in [1.807, 2.05) is 19.9 Å². The Morgan fingerprint density at radius 3 is 2.81 bits per heavy atom. The van der Waals surface area contributed by atoms with Crippen molar-refractivity contribution >= 4 is 37.8 Å². The molecule has 2 heterocycles. The van der Waals surface area contributed by atoms with Crippen LogP contribution in [0.3, 0.4) is 0 Å². The van der Waals surface area contributed by atoms with Crippen molar-refractivity contribution in [2.75, 3.05) is 24.4 Å². The van der Waals surface area contributed by atoms with Gasteiger partial charge in [-0.05, 0) is 56.5 Å². The first-order chi connectivity index (χ1) is 15.2. The van der Waals surface area contributed by atoms with Crippen LogP contribution in [0.5, 0.6) is 5.75 Å². The summed E-state index contributed by atoms with van der Waals surface area (Å²) < 4.78 is 42.2. The van der Waals surface area contributed by atoms with Crippen LogP contribution in [-0.4, -0.2) is 45.5 Å². The van der Waals surface area contributed by atoms with Crippen molar-refractivity contribution in [2.24, 2.45) is 4.36 Å². The molecule has 1 N–H and O–H groups in total. The number of aromatic nitrogens is 2. The van der Waals surface area contributed by atoms with Crippen LogP contribution in [-0.2, 0) is 14.5 Å². The molecule has 1 saturated heterocycles. The summed E-state index contributed by atoms with van der Waals surface area (Å²) >= 11 is 0. The van der Waals surface area contributed by atoms with Crippen LogP contribution in [0, 0.1) is 12.7 Å². The standard InChI is InChI=1S/C23H27FN4O3S/c1-14-10-17(28-32(3,4)29)12-19-22(14)23(26-13-25-19)27-18-8-7-16(24)11-21(18)31-15(2)20-6-5-9-30-20/h7-8,10-13,15,20H,5-6,9H2,1-4H3,(H,25,26,27). The molecule has 1 aliphatic rings.